The molecule has 0 saturated heterocycles. The van der Waals surface area contributed by atoms with Gasteiger partial charge in [-0.1, -0.05) is 31.9 Å². The van der Waals surface area contributed by atoms with Gasteiger partial charge in [0.1, 0.15) is 5.75 Å². The van der Waals surface area contributed by atoms with Crippen molar-refractivity contribution >= 4 is 0 Å². The van der Waals surface area contributed by atoms with E-state index in [1.54, 1.807) is 0 Å². The number of benzene rings is 1. The van der Waals surface area contributed by atoms with Crippen LogP contribution in [0.15, 0.2) is 24.3 Å². The Morgan fingerprint density at radius 3 is 2.63 bits per heavy atom. The quantitative estimate of drug-likeness (QED) is 0.829. The van der Waals surface area contributed by atoms with Gasteiger partial charge in [-0.2, -0.15) is 0 Å². The molecule has 0 aliphatic heterocycles. The molecule has 2 unspecified atom stereocenters. The minimum absolute atomic E-state index is 0.180. The second-order valence-corrected chi connectivity index (χ2v) is 5.33. The summed E-state index contributed by atoms with van der Waals surface area (Å²) in [7, 11) is 0. The summed E-state index contributed by atoms with van der Waals surface area (Å²) in [5.41, 5.74) is 1.24. The largest absolute Gasteiger partial charge is 0.494 e. The van der Waals surface area contributed by atoms with Gasteiger partial charge in [-0.3, -0.25) is 0 Å². The van der Waals surface area contributed by atoms with E-state index in [9.17, 15) is 5.11 Å². The summed E-state index contributed by atoms with van der Waals surface area (Å²) in [6, 6.07) is 8.47. The van der Waals surface area contributed by atoms with Crippen LogP contribution >= 0.6 is 0 Å². The Hall–Kier alpha value is -1.06. The van der Waals surface area contributed by atoms with Crippen molar-refractivity contribution in [3.8, 4) is 5.75 Å². The molecule has 2 rings (SSSR count). The average molecular weight is 263 g/mol. The zero-order chi connectivity index (χ0) is 13.5. The van der Waals surface area contributed by atoms with Gasteiger partial charge in [-0.25, -0.2) is 0 Å². The maximum Gasteiger partial charge on any atom is 0.119 e. The Balaban J connectivity index is 1.79. The standard InChI is InChI=1S/C16H25NO2/c1-2-11-19-14-9-7-13(8-10-14)12-17-15-5-3-4-6-16(15)18/h7-10,15-18H,2-6,11-12H2,1H3. The summed E-state index contributed by atoms with van der Waals surface area (Å²) in [5.74, 6) is 0.934. The first-order valence-electron chi connectivity index (χ1n) is 7.43. The third kappa shape index (κ3) is 4.51. The number of aliphatic hydroxyl groups is 1. The Morgan fingerprint density at radius 1 is 1.21 bits per heavy atom. The fraction of sp³-hybridized carbons (Fsp3) is 0.625. The van der Waals surface area contributed by atoms with Gasteiger partial charge in [0, 0.05) is 12.6 Å². The Labute approximate surface area is 116 Å². The van der Waals surface area contributed by atoms with E-state index in [-0.39, 0.29) is 12.1 Å². The van der Waals surface area contributed by atoms with Crippen LogP contribution in [0, 0.1) is 0 Å². The highest BCUT2D eigenvalue weighted by Gasteiger charge is 2.21. The zero-order valence-corrected chi connectivity index (χ0v) is 11.8. The maximum atomic E-state index is 9.91. The fourth-order valence-electron chi connectivity index (χ4n) is 2.52. The average Bonchev–Trinajstić information content (AvgIpc) is 2.45. The van der Waals surface area contributed by atoms with Gasteiger partial charge < -0.3 is 15.2 Å². The van der Waals surface area contributed by atoms with E-state index < -0.39 is 0 Å². The highest BCUT2D eigenvalue weighted by molar-refractivity contribution is 5.27. The van der Waals surface area contributed by atoms with Crippen molar-refractivity contribution in [2.45, 2.75) is 57.7 Å². The lowest BCUT2D eigenvalue weighted by Gasteiger charge is -2.28. The van der Waals surface area contributed by atoms with E-state index >= 15 is 0 Å². The lowest BCUT2D eigenvalue weighted by molar-refractivity contribution is 0.0902. The van der Waals surface area contributed by atoms with Crippen LogP contribution in [0.3, 0.4) is 0 Å². The molecule has 1 fully saturated rings. The van der Waals surface area contributed by atoms with Gasteiger partial charge >= 0.3 is 0 Å². The van der Waals surface area contributed by atoms with Crippen molar-refractivity contribution < 1.29 is 9.84 Å². The number of hydrogen-bond donors (Lipinski definition) is 2. The Morgan fingerprint density at radius 2 is 1.95 bits per heavy atom. The lowest BCUT2D eigenvalue weighted by atomic mass is 9.92. The van der Waals surface area contributed by atoms with Crippen molar-refractivity contribution in [3.63, 3.8) is 0 Å². The summed E-state index contributed by atoms with van der Waals surface area (Å²) in [6.07, 6.45) is 5.24. The van der Waals surface area contributed by atoms with Gasteiger partial charge in [0.05, 0.1) is 12.7 Å². The number of rotatable bonds is 6. The normalized spacial score (nSPS) is 23.3. The molecule has 0 bridgehead atoms. The van der Waals surface area contributed by atoms with Gasteiger partial charge in [0.25, 0.3) is 0 Å². The van der Waals surface area contributed by atoms with E-state index in [1.807, 2.05) is 12.1 Å². The second kappa shape index (κ2) is 7.51. The van der Waals surface area contributed by atoms with Crippen LogP contribution in [0.25, 0.3) is 0 Å². The molecular formula is C16H25NO2. The Kier molecular flexibility index (Phi) is 5.67. The van der Waals surface area contributed by atoms with E-state index in [4.69, 9.17) is 4.74 Å². The highest BCUT2D eigenvalue weighted by Crippen LogP contribution is 2.19. The fourth-order valence-corrected chi connectivity index (χ4v) is 2.52. The molecule has 0 spiro atoms. The first-order chi connectivity index (χ1) is 9.29. The van der Waals surface area contributed by atoms with Crippen molar-refractivity contribution in [2.75, 3.05) is 6.61 Å². The Bertz CT molecular complexity index is 364. The first-order valence-corrected chi connectivity index (χ1v) is 7.43. The minimum atomic E-state index is -0.180. The van der Waals surface area contributed by atoms with Crippen molar-refractivity contribution in [2.24, 2.45) is 0 Å². The van der Waals surface area contributed by atoms with E-state index in [2.05, 4.69) is 24.4 Å². The molecule has 1 aromatic carbocycles. The number of aliphatic hydroxyl groups excluding tert-OH is 1. The highest BCUT2D eigenvalue weighted by atomic mass is 16.5. The molecule has 106 valence electrons. The summed E-state index contributed by atoms with van der Waals surface area (Å²) in [4.78, 5) is 0. The third-order valence-electron chi connectivity index (χ3n) is 3.69. The maximum absolute atomic E-state index is 9.91. The van der Waals surface area contributed by atoms with Crippen molar-refractivity contribution in [1.82, 2.24) is 5.32 Å². The molecule has 2 atom stereocenters. The molecule has 2 N–H and O–H groups in total. The molecule has 0 radical (unpaired) electrons. The predicted octanol–water partition coefficient (Wildman–Crippen LogP) is 2.87. The van der Waals surface area contributed by atoms with Crippen molar-refractivity contribution in [1.29, 1.82) is 0 Å². The molecule has 0 aromatic heterocycles. The minimum Gasteiger partial charge on any atom is -0.494 e. The molecule has 0 heterocycles. The van der Waals surface area contributed by atoms with Gasteiger partial charge in [0.15, 0.2) is 0 Å². The molecule has 1 aliphatic rings. The molecule has 1 aliphatic carbocycles. The molecule has 3 heteroatoms. The second-order valence-electron chi connectivity index (χ2n) is 5.33. The lowest BCUT2D eigenvalue weighted by Crippen LogP contribution is -2.41. The van der Waals surface area contributed by atoms with Crippen LogP contribution in [0.2, 0.25) is 0 Å². The molecule has 1 aromatic rings. The molecule has 3 nitrogen and oxygen atoms in total. The van der Waals surface area contributed by atoms with Crippen LogP contribution in [-0.4, -0.2) is 23.9 Å². The topological polar surface area (TPSA) is 41.5 Å². The smallest absolute Gasteiger partial charge is 0.119 e. The summed E-state index contributed by atoms with van der Waals surface area (Å²) >= 11 is 0. The predicted molar refractivity (Wildman–Crippen MR) is 77.3 cm³/mol. The SMILES string of the molecule is CCCOc1ccc(CNC2CCCCC2O)cc1. The van der Waals surface area contributed by atoms with Crippen LogP contribution < -0.4 is 10.1 Å². The van der Waals surface area contributed by atoms with Gasteiger partial charge in [0.2, 0.25) is 0 Å². The molecular weight excluding hydrogens is 238 g/mol. The monoisotopic (exact) mass is 263 g/mol. The van der Waals surface area contributed by atoms with Crippen LogP contribution in [0.5, 0.6) is 5.75 Å². The number of nitrogens with one attached hydrogen (secondary N) is 1. The van der Waals surface area contributed by atoms with Gasteiger partial charge in [-0.15, -0.1) is 0 Å². The van der Waals surface area contributed by atoms with Crippen LogP contribution in [-0.2, 0) is 6.54 Å². The van der Waals surface area contributed by atoms with Crippen LogP contribution in [0.4, 0.5) is 0 Å². The van der Waals surface area contributed by atoms with E-state index in [1.165, 1.54) is 12.0 Å². The first kappa shape index (κ1) is 14.4. The van der Waals surface area contributed by atoms with E-state index in [0.29, 0.717) is 0 Å². The van der Waals surface area contributed by atoms with E-state index in [0.717, 1.165) is 44.6 Å². The molecule has 19 heavy (non-hydrogen) atoms. The molecule has 1 saturated carbocycles. The number of ether oxygens (including phenoxy) is 1. The molecule has 0 amide bonds. The van der Waals surface area contributed by atoms with Crippen LogP contribution in [0.1, 0.15) is 44.6 Å². The zero-order valence-electron chi connectivity index (χ0n) is 11.8. The third-order valence-corrected chi connectivity index (χ3v) is 3.69. The summed E-state index contributed by atoms with van der Waals surface area (Å²) < 4.78 is 5.56. The summed E-state index contributed by atoms with van der Waals surface area (Å²) in [6.45, 7) is 3.69. The number of hydrogen-bond acceptors (Lipinski definition) is 3. The van der Waals surface area contributed by atoms with Crippen molar-refractivity contribution in [3.05, 3.63) is 29.8 Å². The summed E-state index contributed by atoms with van der Waals surface area (Å²) in [5, 5.41) is 13.4. The van der Waals surface area contributed by atoms with Gasteiger partial charge in [-0.05, 0) is 37.0 Å².